The van der Waals surface area contributed by atoms with Crippen LogP contribution >= 0.6 is 0 Å². The second-order valence-corrected chi connectivity index (χ2v) is 6.45. The second-order valence-electron chi connectivity index (χ2n) is 6.45. The zero-order valence-corrected chi connectivity index (χ0v) is 14.3. The molecule has 25 heavy (non-hydrogen) atoms. The highest BCUT2D eigenvalue weighted by Gasteiger charge is 2.32. The molecule has 0 atom stereocenters. The summed E-state index contributed by atoms with van der Waals surface area (Å²) in [5, 5.41) is 0.569. The van der Waals surface area contributed by atoms with E-state index in [1.807, 2.05) is 18.5 Å². The lowest BCUT2D eigenvalue weighted by molar-refractivity contribution is -0.144. The number of halogens is 3. The van der Waals surface area contributed by atoms with E-state index in [1.165, 1.54) is 12.1 Å². The highest BCUT2D eigenvalue weighted by Crippen LogP contribution is 2.36. The van der Waals surface area contributed by atoms with Crippen LogP contribution in [0.15, 0.2) is 18.2 Å². The Kier molecular flexibility index (Phi) is 4.77. The third-order valence-electron chi connectivity index (χ3n) is 4.53. The van der Waals surface area contributed by atoms with Crippen molar-refractivity contribution in [1.29, 1.82) is 0 Å². The Morgan fingerprint density at radius 3 is 2.76 bits per heavy atom. The van der Waals surface area contributed by atoms with Gasteiger partial charge in [-0.3, -0.25) is 4.79 Å². The standard InChI is InChI=1S/C18H21F3N2O2/c1-3-8-25-17(24)11-23-15-5-4-12(18(19,20)21)9-13(15)14-10-22(2)7-6-16(14)23/h4-5,9H,3,6-8,10-11H2,1-2H3. The van der Waals surface area contributed by atoms with Gasteiger partial charge in [-0.15, -0.1) is 0 Å². The number of benzene rings is 1. The maximum absolute atomic E-state index is 13.1. The second kappa shape index (κ2) is 6.71. The largest absolute Gasteiger partial charge is 0.464 e. The van der Waals surface area contributed by atoms with E-state index in [9.17, 15) is 18.0 Å². The number of carbonyl (C=O) groups is 1. The Labute approximate surface area is 144 Å². The number of likely N-dealkylation sites (N-methyl/N-ethyl adjacent to an activating group) is 1. The zero-order valence-electron chi connectivity index (χ0n) is 14.3. The lowest BCUT2D eigenvalue weighted by atomic mass is 10.0. The third-order valence-corrected chi connectivity index (χ3v) is 4.53. The van der Waals surface area contributed by atoms with Crippen LogP contribution in [-0.2, 0) is 35.2 Å². The average Bonchev–Trinajstić information content (AvgIpc) is 2.85. The summed E-state index contributed by atoms with van der Waals surface area (Å²) in [4.78, 5) is 14.1. The predicted molar refractivity (Wildman–Crippen MR) is 88.2 cm³/mol. The number of rotatable bonds is 4. The molecule has 0 bridgehead atoms. The van der Waals surface area contributed by atoms with Crippen molar-refractivity contribution in [3.05, 3.63) is 35.0 Å². The van der Waals surface area contributed by atoms with Crippen LogP contribution in [0.2, 0.25) is 0 Å². The Morgan fingerprint density at radius 1 is 1.32 bits per heavy atom. The molecule has 0 aliphatic carbocycles. The van der Waals surface area contributed by atoms with Crippen LogP contribution in [0, 0.1) is 0 Å². The molecular formula is C18H21F3N2O2. The van der Waals surface area contributed by atoms with Gasteiger partial charge in [0, 0.05) is 36.1 Å². The molecule has 0 fully saturated rings. The molecule has 1 aliphatic rings. The maximum Gasteiger partial charge on any atom is 0.416 e. The van der Waals surface area contributed by atoms with Gasteiger partial charge < -0.3 is 14.2 Å². The summed E-state index contributed by atoms with van der Waals surface area (Å²) in [5.41, 5.74) is 1.79. The van der Waals surface area contributed by atoms with E-state index < -0.39 is 11.7 Å². The summed E-state index contributed by atoms with van der Waals surface area (Å²) in [5.74, 6) is -0.361. The van der Waals surface area contributed by atoms with Crippen LogP contribution in [0.4, 0.5) is 13.2 Å². The first-order valence-corrected chi connectivity index (χ1v) is 8.36. The summed E-state index contributed by atoms with van der Waals surface area (Å²) in [6.45, 7) is 3.67. The summed E-state index contributed by atoms with van der Waals surface area (Å²) in [6.07, 6.45) is -2.96. The summed E-state index contributed by atoms with van der Waals surface area (Å²) >= 11 is 0. The highest BCUT2D eigenvalue weighted by atomic mass is 19.4. The molecule has 0 unspecified atom stereocenters. The van der Waals surface area contributed by atoms with Crippen LogP contribution < -0.4 is 0 Å². The van der Waals surface area contributed by atoms with Gasteiger partial charge in [0.15, 0.2) is 0 Å². The molecule has 2 heterocycles. The van der Waals surface area contributed by atoms with Crippen molar-refractivity contribution in [3.63, 3.8) is 0 Å². The summed E-state index contributed by atoms with van der Waals surface area (Å²) < 4.78 is 46.2. The van der Waals surface area contributed by atoms with Crippen molar-refractivity contribution >= 4 is 16.9 Å². The minimum Gasteiger partial charge on any atom is -0.464 e. The molecule has 3 rings (SSSR count). The first-order chi connectivity index (χ1) is 11.8. The fourth-order valence-electron chi connectivity index (χ4n) is 3.33. The molecule has 0 saturated carbocycles. The normalized spacial score (nSPS) is 15.4. The van der Waals surface area contributed by atoms with E-state index in [4.69, 9.17) is 4.74 Å². The highest BCUT2D eigenvalue weighted by molar-refractivity contribution is 5.88. The number of fused-ring (bicyclic) bond motifs is 3. The molecule has 1 aromatic heterocycles. The molecule has 0 saturated heterocycles. The third kappa shape index (κ3) is 3.51. The number of esters is 1. The number of nitrogens with zero attached hydrogens (tertiary/aromatic N) is 2. The number of hydrogen-bond acceptors (Lipinski definition) is 3. The van der Waals surface area contributed by atoms with Crippen LogP contribution in [0.1, 0.15) is 30.2 Å². The molecule has 4 nitrogen and oxygen atoms in total. The Morgan fingerprint density at radius 2 is 2.08 bits per heavy atom. The number of aromatic nitrogens is 1. The van der Waals surface area contributed by atoms with Gasteiger partial charge >= 0.3 is 12.1 Å². The van der Waals surface area contributed by atoms with Gasteiger partial charge in [0.1, 0.15) is 6.54 Å². The SMILES string of the molecule is CCCOC(=O)Cn1c2c(c3cc(C(F)(F)F)ccc31)CN(C)CC2. The predicted octanol–water partition coefficient (Wildman–Crippen LogP) is 3.60. The number of alkyl halides is 3. The Hall–Kier alpha value is -2.02. The molecular weight excluding hydrogens is 333 g/mol. The van der Waals surface area contributed by atoms with E-state index in [0.717, 1.165) is 30.3 Å². The minimum atomic E-state index is -4.39. The van der Waals surface area contributed by atoms with Crippen molar-refractivity contribution in [2.45, 2.75) is 39.0 Å². The average molecular weight is 354 g/mol. The van der Waals surface area contributed by atoms with Crippen LogP contribution in [0.25, 0.3) is 10.9 Å². The Bertz CT molecular complexity index is 796. The van der Waals surface area contributed by atoms with Crippen LogP contribution in [-0.4, -0.2) is 35.6 Å². The first-order valence-electron chi connectivity index (χ1n) is 8.36. The fraction of sp³-hybridized carbons (Fsp3) is 0.500. The zero-order chi connectivity index (χ0) is 18.2. The van der Waals surface area contributed by atoms with Gasteiger partial charge in [0.05, 0.1) is 12.2 Å². The van der Waals surface area contributed by atoms with Crippen molar-refractivity contribution in [1.82, 2.24) is 9.47 Å². The van der Waals surface area contributed by atoms with E-state index in [1.54, 1.807) is 0 Å². The lowest BCUT2D eigenvalue weighted by Gasteiger charge is -2.24. The molecule has 0 spiro atoms. The summed E-state index contributed by atoms with van der Waals surface area (Å²) in [7, 11) is 1.94. The topological polar surface area (TPSA) is 34.5 Å². The quantitative estimate of drug-likeness (QED) is 0.787. The van der Waals surface area contributed by atoms with Crippen molar-refractivity contribution in [2.75, 3.05) is 20.2 Å². The minimum absolute atomic E-state index is 0.0287. The molecule has 7 heteroatoms. The van der Waals surface area contributed by atoms with Crippen LogP contribution in [0.3, 0.4) is 0 Å². The van der Waals surface area contributed by atoms with Crippen molar-refractivity contribution in [3.8, 4) is 0 Å². The number of carbonyl (C=O) groups excluding carboxylic acids is 1. The maximum atomic E-state index is 13.1. The van der Waals surface area contributed by atoms with E-state index in [0.29, 0.717) is 30.5 Å². The van der Waals surface area contributed by atoms with Crippen molar-refractivity contribution < 1.29 is 22.7 Å². The van der Waals surface area contributed by atoms with Gasteiger partial charge in [-0.1, -0.05) is 6.92 Å². The monoisotopic (exact) mass is 354 g/mol. The van der Waals surface area contributed by atoms with Crippen molar-refractivity contribution in [2.24, 2.45) is 0 Å². The van der Waals surface area contributed by atoms with Gasteiger partial charge in [0.2, 0.25) is 0 Å². The molecule has 0 radical (unpaired) electrons. The molecule has 2 aromatic rings. The van der Waals surface area contributed by atoms with Crippen LogP contribution in [0.5, 0.6) is 0 Å². The Balaban J connectivity index is 2.08. The lowest BCUT2D eigenvalue weighted by Crippen LogP contribution is -2.28. The van der Waals surface area contributed by atoms with Gasteiger partial charge in [-0.25, -0.2) is 0 Å². The number of ether oxygens (including phenoxy) is 1. The number of hydrogen-bond donors (Lipinski definition) is 0. The van der Waals surface area contributed by atoms with E-state index in [2.05, 4.69) is 4.90 Å². The molecule has 136 valence electrons. The molecule has 1 aromatic carbocycles. The molecule has 1 aliphatic heterocycles. The first kappa shape index (κ1) is 17.8. The van der Waals surface area contributed by atoms with Gasteiger partial charge in [-0.05, 0) is 37.2 Å². The molecule has 0 N–H and O–H groups in total. The van der Waals surface area contributed by atoms with Gasteiger partial charge in [-0.2, -0.15) is 13.2 Å². The summed E-state index contributed by atoms with van der Waals surface area (Å²) in [6, 6.07) is 3.73. The van der Waals surface area contributed by atoms with E-state index >= 15 is 0 Å². The smallest absolute Gasteiger partial charge is 0.416 e. The fourth-order valence-corrected chi connectivity index (χ4v) is 3.33. The van der Waals surface area contributed by atoms with E-state index in [-0.39, 0.29) is 12.5 Å². The van der Waals surface area contributed by atoms with Gasteiger partial charge in [0.25, 0.3) is 0 Å². The molecule has 0 amide bonds.